The first-order chi connectivity index (χ1) is 14.2. The van der Waals surface area contributed by atoms with E-state index in [1.807, 2.05) is 59.2 Å². The Morgan fingerprint density at radius 3 is 2.59 bits per heavy atom. The molecule has 9 heteroatoms. The lowest BCUT2D eigenvalue weighted by Crippen LogP contribution is -2.25. The number of hydrogen-bond donors (Lipinski definition) is 1. The molecule has 1 amide bonds. The van der Waals surface area contributed by atoms with E-state index in [0.717, 1.165) is 17.0 Å². The van der Waals surface area contributed by atoms with Gasteiger partial charge >= 0.3 is 0 Å². The number of nitrogens with zero attached hydrogens (tertiary/aromatic N) is 4. The second-order valence-electron chi connectivity index (χ2n) is 5.76. The van der Waals surface area contributed by atoms with Crippen LogP contribution < -0.4 is 14.8 Å². The van der Waals surface area contributed by atoms with Gasteiger partial charge in [0.25, 0.3) is 0 Å². The van der Waals surface area contributed by atoms with E-state index in [1.165, 1.54) is 11.8 Å². The number of rotatable bonds is 8. The van der Waals surface area contributed by atoms with E-state index in [0.29, 0.717) is 16.7 Å². The van der Waals surface area contributed by atoms with Crippen LogP contribution in [0.4, 0.5) is 0 Å². The Bertz CT molecular complexity index is 1030. The van der Waals surface area contributed by atoms with Gasteiger partial charge in [-0.25, -0.2) is 0 Å². The summed E-state index contributed by atoms with van der Waals surface area (Å²) in [5.41, 5.74) is 1.59. The molecule has 0 spiro atoms. The maximum atomic E-state index is 11.9. The van der Waals surface area contributed by atoms with Crippen molar-refractivity contribution in [1.29, 1.82) is 5.26 Å². The number of carbonyl (C=O) groups is 1. The molecule has 2 aromatic carbocycles. The zero-order valence-corrected chi connectivity index (χ0v) is 16.8. The highest BCUT2D eigenvalue weighted by Crippen LogP contribution is 2.33. The Hall–Kier alpha value is -3.51. The Labute approximate surface area is 172 Å². The van der Waals surface area contributed by atoms with Crippen LogP contribution in [0.3, 0.4) is 0 Å². The van der Waals surface area contributed by atoms with Crippen LogP contribution in [-0.2, 0) is 4.79 Å². The maximum Gasteiger partial charge on any atom is 0.231 e. The summed E-state index contributed by atoms with van der Waals surface area (Å²) in [5, 5.41) is 20.3. The summed E-state index contributed by atoms with van der Waals surface area (Å²) in [6, 6.07) is 16.9. The molecule has 0 saturated heterocycles. The molecule has 8 nitrogen and oxygen atoms in total. The first kappa shape index (κ1) is 20.2. The maximum absolute atomic E-state index is 11.9. The van der Waals surface area contributed by atoms with E-state index in [4.69, 9.17) is 14.7 Å². The van der Waals surface area contributed by atoms with Crippen molar-refractivity contribution in [2.45, 2.75) is 5.16 Å². The number of hydrogen-bond acceptors (Lipinski definition) is 7. The van der Waals surface area contributed by atoms with Gasteiger partial charge in [0.15, 0.2) is 11.0 Å². The number of nitrogens with one attached hydrogen (secondary N) is 1. The van der Waals surface area contributed by atoms with Gasteiger partial charge < -0.3 is 14.8 Å². The molecule has 0 bridgehead atoms. The van der Waals surface area contributed by atoms with Gasteiger partial charge in [-0.05, 0) is 36.4 Å². The molecule has 148 valence electrons. The van der Waals surface area contributed by atoms with Gasteiger partial charge in [0, 0.05) is 0 Å². The molecule has 29 heavy (non-hydrogen) atoms. The van der Waals surface area contributed by atoms with Gasteiger partial charge in [0.05, 0.1) is 37.3 Å². The Kier molecular flexibility index (Phi) is 6.71. The molecule has 0 atom stereocenters. The molecule has 1 heterocycles. The average Bonchev–Trinajstić information content (AvgIpc) is 3.19. The molecule has 0 fully saturated rings. The third-order valence-electron chi connectivity index (χ3n) is 4.01. The van der Waals surface area contributed by atoms with E-state index in [1.54, 1.807) is 14.2 Å². The minimum absolute atomic E-state index is 0.0307. The number of carbonyl (C=O) groups excluding carboxylic acids is 1. The highest BCUT2D eigenvalue weighted by atomic mass is 32.2. The second kappa shape index (κ2) is 9.61. The molecule has 1 N–H and O–H groups in total. The van der Waals surface area contributed by atoms with Gasteiger partial charge in [-0.3, -0.25) is 9.36 Å². The predicted octanol–water partition coefficient (Wildman–Crippen LogP) is 2.68. The number of methoxy groups -OCH3 is 2. The number of amides is 1. The van der Waals surface area contributed by atoms with Gasteiger partial charge in [-0.15, -0.1) is 10.2 Å². The van der Waals surface area contributed by atoms with Crippen molar-refractivity contribution < 1.29 is 14.3 Å². The number of ether oxygens (including phenoxy) is 2. The average molecular weight is 409 g/mol. The van der Waals surface area contributed by atoms with Crippen molar-refractivity contribution in [1.82, 2.24) is 20.1 Å². The van der Waals surface area contributed by atoms with E-state index < -0.39 is 0 Å². The van der Waals surface area contributed by atoms with E-state index in [2.05, 4.69) is 15.5 Å². The Balaban J connectivity index is 2.01. The van der Waals surface area contributed by atoms with Crippen LogP contribution in [0, 0.1) is 11.3 Å². The minimum Gasteiger partial charge on any atom is -0.497 e. The minimum atomic E-state index is -0.250. The van der Waals surface area contributed by atoms with Crippen molar-refractivity contribution >= 4 is 17.7 Å². The number of para-hydroxylation sites is 1. The lowest BCUT2D eigenvalue weighted by Gasteiger charge is -2.13. The number of nitriles is 1. The lowest BCUT2D eigenvalue weighted by molar-refractivity contribution is -0.118. The molecular formula is C20H19N5O3S. The van der Waals surface area contributed by atoms with Crippen LogP contribution in [0.5, 0.6) is 11.5 Å². The van der Waals surface area contributed by atoms with Crippen molar-refractivity contribution in [2.75, 3.05) is 26.5 Å². The molecule has 0 unspecified atom stereocenters. The highest BCUT2D eigenvalue weighted by molar-refractivity contribution is 7.99. The lowest BCUT2D eigenvalue weighted by atomic mass is 10.2. The smallest absolute Gasteiger partial charge is 0.231 e. The number of thioether (sulfide) groups is 1. The molecule has 1 aromatic heterocycles. The Morgan fingerprint density at radius 2 is 1.90 bits per heavy atom. The molecular weight excluding hydrogens is 390 g/mol. The van der Waals surface area contributed by atoms with Crippen molar-refractivity contribution in [3.8, 4) is 34.6 Å². The van der Waals surface area contributed by atoms with Gasteiger partial charge in [0.1, 0.15) is 18.0 Å². The van der Waals surface area contributed by atoms with Gasteiger partial charge in [0.2, 0.25) is 5.91 Å². The SMILES string of the molecule is COc1ccc(-n2c(SCC(=O)NCC#N)nnc2-c2ccccc2OC)cc1. The van der Waals surface area contributed by atoms with E-state index >= 15 is 0 Å². The normalized spacial score (nSPS) is 10.2. The Morgan fingerprint density at radius 1 is 1.14 bits per heavy atom. The fraction of sp³-hybridized carbons (Fsp3) is 0.200. The molecule has 0 aliphatic rings. The topological polar surface area (TPSA) is 102 Å². The quantitative estimate of drug-likeness (QED) is 0.451. The zero-order valence-electron chi connectivity index (χ0n) is 16.0. The van der Waals surface area contributed by atoms with Gasteiger partial charge in [-0.1, -0.05) is 23.9 Å². The summed E-state index contributed by atoms with van der Waals surface area (Å²) in [6.07, 6.45) is 0. The summed E-state index contributed by atoms with van der Waals surface area (Å²) in [6.45, 7) is -0.0307. The summed E-state index contributed by atoms with van der Waals surface area (Å²) in [5.74, 6) is 1.85. The number of aromatic nitrogens is 3. The fourth-order valence-corrected chi connectivity index (χ4v) is 3.43. The summed E-state index contributed by atoms with van der Waals surface area (Å²) in [4.78, 5) is 11.9. The van der Waals surface area contributed by atoms with Crippen LogP contribution in [0.15, 0.2) is 53.7 Å². The van der Waals surface area contributed by atoms with Crippen LogP contribution in [0.2, 0.25) is 0 Å². The summed E-state index contributed by atoms with van der Waals surface area (Å²) < 4.78 is 12.6. The van der Waals surface area contributed by atoms with E-state index in [9.17, 15) is 4.79 Å². The largest absolute Gasteiger partial charge is 0.497 e. The first-order valence-corrected chi connectivity index (χ1v) is 9.66. The summed E-state index contributed by atoms with van der Waals surface area (Å²) >= 11 is 1.24. The number of benzene rings is 2. The summed E-state index contributed by atoms with van der Waals surface area (Å²) in [7, 11) is 3.21. The predicted molar refractivity (Wildman–Crippen MR) is 109 cm³/mol. The second-order valence-corrected chi connectivity index (χ2v) is 6.71. The molecule has 0 aliphatic heterocycles. The van der Waals surface area contributed by atoms with Crippen molar-refractivity contribution in [3.05, 3.63) is 48.5 Å². The fourth-order valence-electron chi connectivity index (χ4n) is 2.65. The molecule has 3 aromatic rings. The monoisotopic (exact) mass is 409 g/mol. The molecule has 0 saturated carbocycles. The first-order valence-electron chi connectivity index (χ1n) is 8.67. The van der Waals surface area contributed by atoms with Gasteiger partial charge in [-0.2, -0.15) is 5.26 Å². The zero-order chi connectivity index (χ0) is 20.6. The van der Waals surface area contributed by atoms with Crippen LogP contribution in [0.1, 0.15) is 0 Å². The van der Waals surface area contributed by atoms with Crippen LogP contribution in [0.25, 0.3) is 17.1 Å². The molecule has 0 aliphatic carbocycles. The van der Waals surface area contributed by atoms with Crippen LogP contribution in [-0.4, -0.2) is 47.2 Å². The standard InChI is InChI=1S/C20H19N5O3S/c1-27-15-9-7-14(8-10-15)25-19(16-5-3-4-6-17(16)28-2)23-24-20(25)29-13-18(26)22-12-11-21/h3-10H,12-13H2,1-2H3,(H,22,26). The molecule has 3 rings (SSSR count). The van der Waals surface area contributed by atoms with Crippen molar-refractivity contribution in [3.63, 3.8) is 0 Å². The third-order valence-corrected chi connectivity index (χ3v) is 4.94. The molecule has 0 radical (unpaired) electrons. The van der Waals surface area contributed by atoms with Crippen LogP contribution >= 0.6 is 11.8 Å². The van der Waals surface area contributed by atoms with Crippen molar-refractivity contribution in [2.24, 2.45) is 0 Å². The highest BCUT2D eigenvalue weighted by Gasteiger charge is 2.19. The third kappa shape index (κ3) is 4.67. The van der Waals surface area contributed by atoms with E-state index in [-0.39, 0.29) is 18.2 Å².